The molecule has 0 radical (unpaired) electrons. The summed E-state index contributed by atoms with van der Waals surface area (Å²) < 4.78 is 5.17. The molecular weight excluding hydrogens is 216 g/mol. The Kier molecular flexibility index (Phi) is 3.35. The smallest absolute Gasteiger partial charge is 0.143 e. The number of aromatic nitrogens is 2. The van der Waals surface area contributed by atoms with Gasteiger partial charge in [0, 0.05) is 23.7 Å². The van der Waals surface area contributed by atoms with Crippen LogP contribution in [-0.2, 0) is 0 Å². The quantitative estimate of drug-likeness (QED) is 0.874. The van der Waals surface area contributed by atoms with Crippen LogP contribution in [0.2, 0.25) is 0 Å². The summed E-state index contributed by atoms with van der Waals surface area (Å²) in [6, 6.07) is 7.23. The molecular formula is C13H14N2O2. The SMILES string of the molecule is COc1cccnc1C(O)c1ccc(C)nc1. The lowest BCUT2D eigenvalue weighted by atomic mass is 10.1. The molecule has 88 valence electrons. The lowest BCUT2D eigenvalue weighted by Gasteiger charge is -2.13. The van der Waals surface area contributed by atoms with Gasteiger partial charge in [-0.1, -0.05) is 6.07 Å². The van der Waals surface area contributed by atoms with Crippen LogP contribution < -0.4 is 4.74 Å². The first kappa shape index (κ1) is 11.5. The van der Waals surface area contributed by atoms with Crippen molar-refractivity contribution in [3.8, 4) is 5.75 Å². The minimum absolute atomic E-state index is 0.501. The number of aryl methyl sites for hydroxylation is 1. The summed E-state index contributed by atoms with van der Waals surface area (Å²) in [5, 5.41) is 10.2. The van der Waals surface area contributed by atoms with Gasteiger partial charge in [-0.15, -0.1) is 0 Å². The van der Waals surface area contributed by atoms with Crippen molar-refractivity contribution < 1.29 is 9.84 Å². The Morgan fingerprint density at radius 3 is 2.71 bits per heavy atom. The van der Waals surface area contributed by atoms with E-state index in [4.69, 9.17) is 4.74 Å². The van der Waals surface area contributed by atoms with Gasteiger partial charge in [-0.25, -0.2) is 0 Å². The van der Waals surface area contributed by atoms with Crippen LogP contribution >= 0.6 is 0 Å². The van der Waals surface area contributed by atoms with Crippen LogP contribution in [-0.4, -0.2) is 22.2 Å². The van der Waals surface area contributed by atoms with E-state index in [1.165, 1.54) is 0 Å². The van der Waals surface area contributed by atoms with E-state index in [2.05, 4.69) is 9.97 Å². The van der Waals surface area contributed by atoms with Gasteiger partial charge < -0.3 is 9.84 Å². The molecule has 0 aliphatic heterocycles. The predicted molar refractivity (Wildman–Crippen MR) is 63.8 cm³/mol. The third-order valence-corrected chi connectivity index (χ3v) is 2.53. The Bertz CT molecular complexity index is 497. The van der Waals surface area contributed by atoms with Gasteiger partial charge in [0.05, 0.1) is 7.11 Å². The fraction of sp³-hybridized carbons (Fsp3) is 0.231. The van der Waals surface area contributed by atoms with Crippen LogP contribution in [0, 0.1) is 6.92 Å². The third kappa shape index (κ3) is 2.42. The molecule has 0 spiro atoms. The highest BCUT2D eigenvalue weighted by atomic mass is 16.5. The van der Waals surface area contributed by atoms with Crippen molar-refractivity contribution in [2.45, 2.75) is 13.0 Å². The van der Waals surface area contributed by atoms with E-state index in [-0.39, 0.29) is 0 Å². The highest BCUT2D eigenvalue weighted by molar-refractivity contribution is 5.34. The zero-order valence-electron chi connectivity index (χ0n) is 9.79. The number of aliphatic hydroxyl groups is 1. The molecule has 0 amide bonds. The minimum Gasteiger partial charge on any atom is -0.495 e. The molecule has 1 N–H and O–H groups in total. The van der Waals surface area contributed by atoms with Gasteiger partial charge in [-0.05, 0) is 25.1 Å². The molecule has 0 saturated carbocycles. The Morgan fingerprint density at radius 1 is 1.24 bits per heavy atom. The molecule has 2 aromatic rings. The summed E-state index contributed by atoms with van der Waals surface area (Å²) in [6.45, 7) is 1.90. The van der Waals surface area contributed by atoms with Crippen LogP contribution in [0.4, 0.5) is 0 Å². The van der Waals surface area contributed by atoms with Crippen LogP contribution in [0.3, 0.4) is 0 Å². The molecule has 4 heteroatoms. The summed E-state index contributed by atoms with van der Waals surface area (Å²) in [5.41, 5.74) is 2.11. The van der Waals surface area contributed by atoms with Gasteiger partial charge in [0.1, 0.15) is 17.5 Å². The summed E-state index contributed by atoms with van der Waals surface area (Å²) in [4.78, 5) is 8.30. The van der Waals surface area contributed by atoms with E-state index in [0.717, 1.165) is 5.69 Å². The number of hydrogen-bond acceptors (Lipinski definition) is 4. The molecule has 2 heterocycles. The third-order valence-electron chi connectivity index (χ3n) is 2.53. The first-order chi connectivity index (χ1) is 8.22. The first-order valence-corrected chi connectivity index (χ1v) is 5.32. The second kappa shape index (κ2) is 4.93. The van der Waals surface area contributed by atoms with E-state index < -0.39 is 6.10 Å². The second-order valence-corrected chi connectivity index (χ2v) is 3.73. The zero-order chi connectivity index (χ0) is 12.3. The summed E-state index contributed by atoms with van der Waals surface area (Å²) in [7, 11) is 1.56. The summed E-state index contributed by atoms with van der Waals surface area (Å²) in [6.07, 6.45) is 2.45. The van der Waals surface area contributed by atoms with Crippen molar-refractivity contribution in [3.05, 3.63) is 53.6 Å². The fourth-order valence-corrected chi connectivity index (χ4v) is 1.58. The Morgan fingerprint density at radius 2 is 2.06 bits per heavy atom. The number of nitrogens with zero attached hydrogens (tertiary/aromatic N) is 2. The lowest BCUT2D eigenvalue weighted by Crippen LogP contribution is -2.05. The molecule has 0 aromatic carbocycles. The van der Waals surface area contributed by atoms with E-state index in [0.29, 0.717) is 17.0 Å². The molecule has 0 aliphatic rings. The Hall–Kier alpha value is -1.94. The van der Waals surface area contributed by atoms with Crippen LogP contribution in [0.1, 0.15) is 23.1 Å². The summed E-state index contributed by atoms with van der Waals surface area (Å²) >= 11 is 0. The van der Waals surface area contributed by atoms with Gasteiger partial charge in [0.25, 0.3) is 0 Å². The molecule has 2 aromatic heterocycles. The monoisotopic (exact) mass is 230 g/mol. The molecule has 0 aliphatic carbocycles. The maximum Gasteiger partial charge on any atom is 0.143 e. The predicted octanol–water partition coefficient (Wildman–Crippen LogP) is 1.88. The number of rotatable bonds is 3. The molecule has 1 atom stereocenters. The highest BCUT2D eigenvalue weighted by Gasteiger charge is 2.16. The highest BCUT2D eigenvalue weighted by Crippen LogP contribution is 2.27. The normalized spacial score (nSPS) is 12.2. The van der Waals surface area contributed by atoms with Crippen LogP contribution in [0.5, 0.6) is 5.75 Å². The maximum absolute atomic E-state index is 10.2. The fourth-order valence-electron chi connectivity index (χ4n) is 1.58. The van der Waals surface area contributed by atoms with E-state index in [9.17, 15) is 5.11 Å². The molecule has 2 rings (SSSR count). The molecule has 0 saturated heterocycles. The van der Waals surface area contributed by atoms with Crippen molar-refractivity contribution in [2.75, 3.05) is 7.11 Å². The minimum atomic E-state index is -0.820. The largest absolute Gasteiger partial charge is 0.495 e. The lowest BCUT2D eigenvalue weighted by molar-refractivity contribution is 0.209. The molecule has 0 fully saturated rings. The van der Waals surface area contributed by atoms with E-state index >= 15 is 0 Å². The van der Waals surface area contributed by atoms with Crippen molar-refractivity contribution in [1.29, 1.82) is 0 Å². The standard InChI is InChI=1S/C13H14N2O2/c1-9-5-6-10(8-15-9)13(16)12-11(17-2)4-3-7-14-12/h3-8,13,16H,1-2H3. The Labute approximate surface area is 99.9 Å². The number of ether oxygens (including phenoxy) is 1. The van der Waals surface area contributed by atoms with Gasteiger partial charge in [-0.2, -0.15) is 0 Å². The molecule has 4 nitrogen and oxygen atoms in total. The average molecular weight is 230 g/mol. The number of methoxy groups -OCH3 is 1. The van der Waals surface area contributed by atoms with Crippen LogP contribution in [0.25, 0.3) is 0 Å². The molecule has 17 heavy (non-hydrogen) atoms. The van der Waals surface area contributed by atoms with Gasteiger partial charge >= 0.3 is 0 Å². The summed E-state index contributed by atoms with van der Waals surface area (Å²) in [5.74, 6) is 0.570. The Balaban J connectivity index is 2.36. The second-order valence-electron chi connectivity index (χ2n) is 3.73. The first-order valence-electron chi connectivity index (χ1n) is 5.32. The topological polar surface area (TPSA) is 55.2 Å². The van der Waals surface area contributed by atoms with E-state index in [1.54, 1.807) is 31.6 Å². The zero-order valence-corrected chi connectivity index (χ0v) is 9.79. The van der Waals surface area contributed by atoms with Gasteiger partial charge in [0.2, 0.25) is 0 Å². The maximum atomic E-state index is 10.2. The van der Waals surface area contributed by atoms with Crippen molar-refractivity contribution in [1.82, 2.24) is 9.97 Å². The van der Waals surface area contributed by atoms with Gasteiger partial charge in [0.15, 0.2) is 0 Å². The van der Waals surface area contributed by atoms with Crippen LogP contribution in [0.15, 0.2) is 36.7 Å². The van der Waals surface area contributed by atoms with Crippen molar-refractivity contribution in [2.24, 2.45) is 0 Å². The van der Waals surface area contributed by atoms with E-state index in [1.807, 2.05) is 19.1 Å². The molecule has 0 bridgehead atoms. The van der Waals surface area contributed by atoms with Crippen molar-refractivity contribution in [3.63, 3.8) is 0 Å². The van der Waals surface area contributed by atoms with Crippen molar-refractivity contribution >= 4 is 0 Å². The number of aliphatic hydroxyl groups excluding tert-OH is 1. The van der Waals surface area contributed by atoms with Gasteiger partial charge in [-0.3, -0.25) is 9.97 Å². The molecule has 1 unspecified atom stereocenters. The number of pyridine rings is 2. The number of hydrogen-bond donors (Lipinski definition) is 1. The average Bonchev–Trinajstić information content (AvgIpc) is 2.39.